The topological polar surface area (TPSA) is 43.4 Å². The highest BCUT2D eigenvalue weighted by Crippen LogP contribution is 2.96. The molecule has 0 aromatic carbocycles. The molecule has 8 atom stereocenters. The maximum atomic E-state index is 11.9. The zero-order valence-corrected chi connectivity index (χ0v) is 8.47. The van der Waals surface area contributed by atoms with E-state index in [-0.39, 0.29) is 17.3 Å². The Bertz CT molecular complexity index is 438. The Morgan fingerprint density at radius 1 is 1.33 bits per heavy atom. The van der Waals surface area contributed by atoms with Crippen molar-refractivity contribution in [3.05, 3.63) is 0 Å². The van der Waals surface area contributed by atoms with Crippen LogP contribution in [0.5, 0.6) is 0 Å². The number of hydrogen-bond donors (Lipinski definition) is 0. The SMILES string of the molecule is COC(=O)[C@@]12[C@@H]3[C@@H]4[C@H]5C(=O)C[C@@H]([C@@H]43)[C@@H]1[C@@H]52. The first-order valence-corrected chi connectivity index (χ1v) is 5.85. The molecule has 0 spiro atoms. The fraction of sp³-hybridized carbons (Fsp3) is 0.833. The van der Waals surface area contributed by atoms with Crippen LogP contribution in [0.1, 0.15) is 6.42 Å². The highest BCUT2D eigenvalue weighted by molar-refractivity contribution is 5.95. The van der Waals surface area contributed by atoms with Crippen molar-refractivity contribution >= 4 is 11.8 Å². The highest BCUT2D eigenvalue weighted by Gasteiger charge is 2.99. The van der Waals surface area contributed by atoms with E-state index in [4.69, 9.17) is 4.74 Å². The Morgan fingerprint density at radius 3 is 2.73 bits per heavy atom. The summed E-state index contributed by atoms with van der Waals surface area (Å²) in [5.74, 6) is 4.05. The zero-order valence-electron chi connectivity index (χ0n) is 8.47. The molecule has 6 saturated carbocycles. The first kappa shape index (κ1) is 7.42. The Balaban J connectivity index is 1.72. The van der Waals surface area contributed by atoms with E-state index in [9.17, 15) is 9.59 Å². The van der Waals surface area contributed by atoms with E-state index in [0.29, 0.717) is 35.4 Å². The molecule has 6 fully saturated rings. The first-order chi connectivity index (χ1) is 7.24. The van der Waals surface area contributed by atoms with Crippen molar-refractivity contribution in [2.75, 3.05) is 7.11 Å². The average molecular weight is 204 g/mol. The van der Waals surface area contributed by atoms with Crippen molar-refractivity contribution < 1.29 is 14.3 Å². The Labute approximate surface area is 87.2 Å². The predicted molar refractivity (Wildman–Crippen MR) is 48.5 cm³/mol. The summed E-state index contributed by atoms with van der Waals surface area (Å²) in [6, 6.07) is 0. The molecule has 0 saturated heterocycles. The van der Waals surface area contributed by atoms with Gasteiger partial charge in [0.05, 0.1) is 12.5 Å². The smallest absolute Gasteiger partial charge is 0.312 e. The van der Waals surface area contributed by atoms with E-state index in [1.807, 2.05) is 0 Å². The molecule has 0 amide bonds. The number of rotatable bonds is 1. The van der Waals surface area contributed by atoms with Gasteiger partial charge in [-0.05, 0) is 35.5 Å². The quantitative estimate of drug-likeness (QED) is 0.584. The van der Waals surface area contributed by atoms with Crippen molar-refractivity contribution in [3.63, 3.8) is 0 Å². The van der Waals surface area contributed by atoms with Gasteiger partial charge in [0.25, 0.3) is 0 Å². The molecule has 0 radical (unpaired) electrons. The van der Waals surface area contributed by atoms with Gasteiger partial charge in [-0.2, -0.15) is 0 Å². The minimum Gasteiger partial charge on any atom is -0.469 e. The summed E-state index contributed by atoms with van der Waals surface area (Å²) < 4.78 is 4.98. The van der Waals surface area contributed by atoms with Crippen molar-refractivity contribution in [1.29, 1.82) is 0 Å². The molecular formula is C12H12O3. The molecule has 0 N–H and O–H groups in total. The van der Waals surface area contributed by atoms with E-state index in [1.54, 1.807) is 0 Å². The summed E-state index contributed by atoms with van der Waals surface area (Å²) >= 11 is 0. The molecule has 6 aliphatic carbocycles. The van der Waals surface area contributed by atoms with Crippen LogP contribution in [0.4, 0.5) is 0 Å². The molecule has 3 nitrogen and oxygen atoms in total. The van der Waals surface area contributed by atoms with E-state index in [2.05, 4.69) is 0 Å². The van der Waals surface area contributed by atoms with Gasteiger partial charge in [0.2, 0.25) is 0 Å². The van der Waals surface area contributed by atoms with Crippen LogP contribution in [0.15, 0.2) is 0 Å². The summed E-state index contributed by atoms with van der Waals surface area (Å²) in [6.07, 6.45) is 0.766. The maximum absolute atomic E-state index is 11.9. The number of Topliss-reactive ketones (excluding diaryl/α,β-unsaturated/α-hetero) is 1. The maximum Gasteiger partial charge on any atom is 0.312 e. The van der Waals surface area contributed by atoms with Gasteiger partial charge in [-0.25, -0.2) is 0 Å². The lowest BCUT2D eigenvalue weighted by molar-refractivity contribution is -0.148. The van der Waals surface area contributed by atoms with E-state index >= 15 is 0 Å². The average Bonchev–Trinajstić information content (AvgIpc) is 3.06. The van der Waals surface area contributed by atoms with Crippen LogP contribution in [-0.2, 0) is 14.3 Å². The minimum absolute atomic E-state index is 0.00491. The van der Waals surface area contributed by atoms with Gasteiger partial charge >= 0.3 is 5.97 Å². The zero-order chi connectivity index (χ0) is 10.1. The third-order valence-electron chi connectivity index (χ3n) is 6.17. The molecule has 0 aromatic rings. The molecule has 15 heavy (non-hydrogen) atoms. The largest absolute Gasteiger partial charge is 0.469 e. The van der Waals surface area contributed by atoms with E-state index in [0.717, 1.165) is 12.3 Å². The van der Waals surface area contributed by atoms with Gasteiger partial charge in [0, 0.05) is 12.3 Å². The standard InChI is InChI=1S/C12H12O3/c1-15-11(14)12-8-3-2-4(13)6(10(8)12)7-5(3)9(7)12/h3,5-10H,2H2,1H3/t3-,5-,6+,7-,8+,9-,10+,12+/m0/s1. The molecule has 0 aliphatic heterocycles. The minimum atomic E-state index is -0.161. The number of carbonyl (C=O) groups excluding carboxylic acids is 2. The van der Waals surface area contributed by atoms with Crippen LogP contribution in [-0.4, -0.2) is 18.9 Å². The molecule has 3 heteroatoms. The van der Waals surface area contributed by atoms with Crippen molar-refractivity contribution in [2.45, 2.75) is 6.42 Å². The van der Waals surface area contributed by atoms with Crippen molar-refractivity contribution in [2.24, 2.45) is 46.8 Å². The predicted octanol–water partition coefficient (Wildman–Crippen LogP) is 0.486. The van der Waals surface area contributed by atoms with Crippen LogP contribution < -0.4 is 0 Å². The third-order valence-corrected chi connectivity index (χ3v) is 6.17. The lowest BCUT2D eigenvalue weighted by atomic mass is 9.70. The molecule has 78 valence electrons. The molecule has 2 bridgehead atoms. The third kappa shape index (κ3) is 0.436. The summed E-state index contributed by atoms with van der Waals surface area (Å²) in [7, 11) is 1.49. The summed E-state index contributed by atoms with van der Waals surface area (Å²) in [4.78, 5) is 23.8. The van der Waals surface area contributed by atoms with Gasteiger partial charge < -0.3 is 4.74 Å². The Morgan fingerprint density at radius 2 is 2.13 bits per heavy atom. The second-order valence-corrected chi connectivity index (χ2v) is 6.02. The van der Waals surface area contributed by atoms with E-state index < -0.39 is 0 Å². The molecule has 6 rings (SSSR count). The van der Waals surface area contributed by atoms with Gasteiger partial charge in [-0.15, -0.1) is 0 Å². The fourth-order valence-electron chi connectivity index (χ4n) is 6.17. The number of fused-ring (bicyclic) bond motifs is 1. The van der Waals surface area contributed by atoms with Crippen molar-refractivity contribution in [1.82, 2.24) is 0 Å². The first-order valence-electron chi connectivity index (χ1n) is 5.85. The second kappa shape index (κ2) is 1.66. The van der Waals surface area contributed by atoms with Gasteiger partial charge in [0.1, 0.15) is 5.78 Å². The van der Waals surface area contributed by atoms with Crippen LogP contribution >= 0.6 is 0 Å². The van der Waals surface area contributed by atoms with E-state index in [1.165, 1.54) is 7.11 Å². The summed E-state index contributed by atoms with van der Waals surface area (Å²) in [6.45, 7) is 0. The highest BCUT2D eigenvalue weighted by atomic mass is 16.5. The van der Waals surface area contributed by atoms with Gasteiger partial charge in [0.15, 0.2) is 0 Å². The van der Waals surface area contributed by atoms with Gasteiger partial charge in [-0.1, -0.05) is 0 Å². The van der Waals surface area contributed by atoms with Crippen LogP contribution in [0.3, 0.4) is 0 Å². The van der Waals surface area contributed by atoms with Crippen molar-refractivity contribution in [3.8, 4) is 0 Å². The molecular weight excluding hydrogens is 192 g/mol. The monoisotopic (exact) mass is 204 g/mol. The Hall–Kier alpha value is -0.860. The number of esters is 1. The number of ether oxygens (including phenoxy) is 1. The lowest BCUT2D eigenvalue weighted by Crippen LogP contribution is -2.35. The summed E-state index contributed by atoms with van der Waals surface area (Å²) in [5, 5.41) is 0. The van der Waals surface area contributed by atoms with Crippen LogP contribution in [0.25, 0.3) is 0 Å². The molecule has 0 aromatic heterocycles. The van der Waals surface area contributed by atoms with Crippen LogP contribution in [0.2, 0.25) is 0 Å². The normalized spacial score (nSPS) is 69.4. The lowest BCUT2D eigenvalue weighted by Gasteiger charge is -2.32. The molecule has 0 unspecified atom stereocenters. The number of methoxy groups -OCH3 is 1. The summed E-state index contributed by atoms with van der Waals surface area (Å²) in [5.41, 5.74) is -0.161. The second-order valence-electron chi connectivity index (χ2n) is 6.02. The fourth-order valence-corrected chi connectivity index (χ4v) is 6.17. The number of hydrogen-bond acceptors (Lipinski definition) is 3. The van der Waals surface area contributed by atoms with Crippen LogP contribution in [0, 0.1) is 46.8 Å². The number of ketones is 1. The Kier molecular flexibility index (Phi) is 0.822. The molecule has 0 heterocycles. The number of carbonyl (C=O) groups is 2. The molecule has 6 aliphatic rings. The van der Waals surface area contributed by atoms with Gasteiger partial charge in [-0.3, -0.25) is 9.59 Å².